The van der Waals surface area contributed by atoms with Gasteiger partial charge in [-0.3, -0.25) is 4.68 Å². The topological polar surface area (TPSA) is 29.9 Å². The Labute approximate surface area is 111 Å². The van der Waals surface area contributed by atoms with Crippen LogP contribution < -0.4 is 5.32 Å². The first-order valence-electron chi connectivity index (χ1n) is 7.29. The van der Waals surface area contributed by atoms with Crippen molar-refractivity contribution in [3.05, 3.63) is 18.0 Å². The van der Waals surface area contributed by atoms with Crippen LogP contribution in [0.15, 0.2) is 12.3 Å². The molecule has 0 radical (unpaired) electrons. The van der Waals surface area contributed by atoms with Gasteiger partial charge in [0.2, 0.25) is 0 Å². The standard InChI is InChI=1S/C15H27N3/c1-5-13(4)18-7-6-14(17-18)9-15(8-12(2)3)10-16-11-15/h6-7,12-13,16H,5,8-11H2,1-4H3. The third-order valence-corrected chi connectivity index (χ3v) is 4.10. The highest BCUT2D eigenvalue weighted by Crippen LogP contribution is 2.34. The molecule has 1 aliphatic rings. The minimum Gasteiger partial charge on any atom is -0.316 e. The summed E-state index contributed by atoms with van der Waals surface area (Å²) >= 11 is 0. The van der Waals surface area contributed by atoms with Gasteiger partial charge in [0.05, 0.1) is 5.69 Å². The van der Waals surface area contributed by atoms with Gasteiger partial charge in [-0.2, -0.15) is 5.10 Å². The minimum atomic E-state index is 0.461. The van der Waals surface area contributed by atoms with E-state index in [1.54, 1.807) is 0 Å². The maximum atomic E-state index is 4.74. The summed E-state index contributed by atoms with van der Waals surface area (Å²) in [6.45, 7) is 11.4. The van der Waals surface area contributed by atoms with E-state index in [2.05, 4.69) is 50.0 Å². The van der Waals surface area contributed by atoms with E-state index in [-0.39, 0.29) is 0 Å². The lowest BCUT2D eigenvalue weighted by Crippen LogP contribution is -2.55. The summed E-state index contributed by atoms with van der Waals surface area (Å²) in [6, 6.07) is 2.71. The van der Waals surface area contributed by atoms with Crippen LogP contribution in [0.1, 0.15) is 52.3 Å². The molecule has 0 saturated carbocycles. The van der Waals surface area contributed by atoms with Crippen molar-refractivity contribution >= 4 is 0 Å². The van der Waals surface area contributed by atoms with Crippen LogP contribution in [0.4, 0.5) is 0 Å². The second kappa shape index (κ2) is 5.43. The molecular weight excluding hydrogens is 222 g/mol. The number of nitrogens with one attached hydrogen (secondary N) is 1. The first-order valence-corrected chi connectivity index (χ1v) is 7.29. The molecule has 0 amide bonds. The van der Waals surface area contributed by atoms with Crippen molar-refractivity contribution in [2.75, 3.05) is 13.1 Å². The van der Waals surface area contributed by atoms with Gasteiger partial charge in [-0.1, -0.05) is 20.8 Å². The predicted octanol–water partition coefficient (Wildman–Crippen LogP) is 3.03. The summed E-state index contributed by atoms with van der Waals surface area (Å²) in [4.78, 5) is 0. The third kappa shape index (κ3) is 2.94. The van der Waals surface area contributed by atoms with Crippen LogP contribution in [0.5, 0.6) is 0 Å². The van der Waals surface area contributed by atoms with E-state index >= 15 is 0 Å². The average molecular weight is 249 g/mol. The highest BCUT2D eigenvalue weighted by atomic mass is 15.3. The van der Waals surface area contributed by atoms with Crippen molar-refractivity contribution < 1.29 is 0 Å². The molecule has 1 fully saturated rings. The fourth-order valence-electron chi connectivity index (χ4n) is 2.97. The molecule has 1 saturated heterocycles. The summed E-state index contributed by atoms with van der Waals surface area (Å²) in [6.07, 6.45) is 5.70. The van der Waals surface area contributed by atoms with Gasteiger partial charge >= 0.3 is 0 Å². The lowest BCUT2D eigenvalue weighted by molar-refractivity contribution is 0.129. The number of aromatic nitrogens is 2. The predicted molar refractivity (Wildman–Crippen MR) is 75.7 cm³/mol. The van der Waals surface area contributed by atoms with Crippen molar-refractivity contribution in [1.82, 2.24) is 15.1 Å². The minimum absolute atomic E-state index is 0.461. The van der Waals surface area contributed by atoms with Crippen LogP contribution in [0.2, 0.25) is 0 Å². The second-order valence-corrected chi connectivity index (χ2v) is 6.42. The van der Waals surface area contributed by atoms with E-state index in [4.69, 9.17) is 5.10 Å². The van der Waals surface area contributed by atoms with Crippen LogP contribution in [0.25, 0.3) is 0 Å². The van der Waals surface area contributed by atoms with Crippen molar-refractivity contribution in [3.8, 4) is 0 Å². The van der Waals surface area contributed by atoms with Crippen molar-refractivity contribution in [2.24, 2.45) is 11.3 Å². The van der Waals surface area contributed by atoms with Crippen molar-refractivity contribution in [2.45, 2.75) is 53.0 Å². The summed E-state index contributed by atoms with van der Waals surface area (Å²) < 4.78 is 2.12. The molecule has 2 heterocycles. The Hall–Kier alpha value is -0.830. The van der Waals surface area contributed by atoms with E-state index in [0.717, 1.165) is 31.8 Å². The molecular formula is C15H27N3. The molecule has 1 atom stereocenters. The van der Waals surface area contributed by atoms with Crippen LogP contribution in [0.3, 0.4) is 0 Å². The van der Waals surface area contributed by atoms with E-state index in [9.17, 15) is 0 Å². The SMILES string of the molecule is CCC(C)n1ccc(CC2(CC(C)C)CNC2)n1. The molecule has 1 N–H and O–H groups in total. The zero-order chi connectivity index (χ0) is 13.2. The first kappa shape index (κ1) is 13.6. The Balaban J connectivity index is 2.01. The Kier molecular flexibility index (Phi) is 4.10. The molecule has 1 aliphatic heterocycles. The molecule has 3 heteroatoms. The summed E-state index contributed by atoms with van der Waals surface area (Å²) in [5.41, 5.74) is 1.72. The lowest BCUT2D eigenvalue weighted by Gasteiger charge is -2.43. The first-order chi connectivity index (χ1) is 8.54. The normalized spacial score (nSPS) is 19.8. The van der Waals surface area contributed by atoms with Gasteiger partial charge in [0.25, 0.3) is 0 Å². The highest BCUT2D eigenvalue weighted by molar-refractivity contribution is 5.08. The number of hydrogen-bond donors (Lipinski definition) is 1. The molecule has 102 valence electrons. The highest BCUT2D eigenvalue weighted by Gasteiger charge is 2.37. The number of rotatable bonds is 6. The summed E-state index contributed by atoms with van der Waals surface area (Å²) in [7, 11) is 0. The van der Waals surface area contributed by atoms with E-state index < -0.39 is 0 Å². The summed E-state index contributed by atoms with van der Waals surface area (Å²) in [5, 5.41) is 8.18. The fourth-order valence-corrected chi connectivity index (χ4v) is 2.97. The van der Waals surface area contributed by atoms with Gasteiger partial charge in [-0.15, -0.1) is 0 Å². The molecule has 18 heavy (non-hydrogen) atoms. The summed E-state index contributed by atoms with van der Waals surface area (Å²) in [5.74, 6) is 0.767. The second-order valence-electron chi connectivity index (χ2n) is 6.42. The van der Waals surface area contributed by atoms with Gasteiger partial charge in [0.15, 0.2) is 0 Å². The number of hydrogen-bond acceptors (Lipinski definition) is 2. The molecule has 3 nitrogen and oxygen atoms in total. The maximum Gasteiger partial charge on any atom is 0.0631 e. The van der Waals surface area contributed by atoms with Crippen molar-refractivity contribution in [1.29, 1.82) is 0 Å². The smallest absolute Gasteiger partial charge is 0.0631 e. The van der Waals surface area contributed by atoms with Crippen LogP contribution >= 0.6 is 0 Å². The maximum absolute atomic E-state index is 4.74. The zero-order valence-corrected chi connectivity index (χ0v) is 12.2. The van der Waals surface area contributed by atoms with Crippen molar-refractivity contribution in [3.63, 3.8) is 0 Å². The molecule has 0 aliphatic carbocycles. The Morgan fingerprint density at radius 2 is 2.11 bits per heavy atom. The van der Waals surface area contributed by atoms with Gasteiger partial charge in [0, 0.05) is 30.7 Å². The molecule has 1 aromatic heterocycles. The van der Waals surface area contributed by atoms with Crippen LogP contribution in [-0.4, -0.2) is 22.9 Å². The molecule has 0 bridgehead atoms. The fraction of sp³-hybridized carbons (Fsp3) is 0.800. The molecule has 0 aromatic carbocycles. The Morgan fingerprint density at radius 3 is 2.61 bits per heavy atom. The van der Waals surface area contributed by atoms with Crippen LogP contribution in [0, 0.1) is 11.3 Å². The zero-order valence-electron chi connectivity index (χ0n) is 12.2. The molecule has 1 aromatic rings. The van der Waals surface area contributed by atoms with Gasteiger partial charge < -0.3 is 5.32 Å². The Bertz CT molecular complexity index is 377. The van der Waals surface area contributed by atoms with Gasteiger partial charge in [-0.25, -0.2) is 0 Å². The van der Waals surface area contributed by atoms with E-state index in [1.165, 1.54) is 12.1 Å². The Morgan fingerprint density at radius 1 is 1.39 bits per heavy atom. The van der Waals surface area contributed by atoms with Gasteiger partial charge in [0.1, 0.15) is 0 Å². The van der Waals surface area contributed by atoms with Gasteiger partial charge in [-0.05, 0) is 38.2 Å². The third-order valence-electron chi connectivity index (χ3n) is 4.10. The molecule has 2 rings (SSSR count). The molecule has 1 unspecified atom stereocenters. The van der Waals surface area contributed by atoms with Crippen LogP contribution in [-0.2, 0) is 6.42 Å². The number of nitrogens with zero attached hydrogens (tertiary/aromatic N) is 2. The monoisotopic (exact) mass is 249 g/mol. The molecule has 0 spiro atoms. The lowest BCUT2D eigenvalue weighted by atomic mass is 9.72. The van der Waals surface area contributed by atoms with E-state index in [0.29, 0.717) is 11.5 Å². The van der Waals surface area contributed by atoms with E-state index in [1.807, 2.05) is 0 Å². The average Bonchev–Trinajstić information content (AvgIpc) is 2.72. The quantitative estimate of drug-likeness (QED) is 0.840. The largest absolute Gasteiger partial charge is 0.316 e.